The Morgan fingerprint density at radius 3 is 2.91 bits per heavy atom. The molecule has 0 aliphatic carbocycles. The molecule has 1 amide bonds. The largest absolute Gasteiger partial charge is 0.441 e. The van der Waals surface area contributed by atoms with Crippen molar-refractivity contribution in [1.29, 1.82) is 0 Å². The van der Waals surface area contributed by atoms with Crippen molar-refractivity contribution in [2.45, 2.75) is 31.7 Å². The predicted octanol–water partition coefficient (Wildman–Crippen LogP) is 1.30. The molecule has 118 valence electrons. The average Bonchev–Trinajstić information content (AvgIpc) is 2.92. The summed E-state index contributed by atoms with van der Waals surface area (Å²) in [6, 6.07) is 5.84. The Hall–Kier alpha value is -1.92. The molecular weight excluding hydrogens is 282 g/mol. The fraction of sp³-hybridized carbons (Fsp3) is 0.500. The normalized spacial score (nSPS) is 17.5. The first kappa shape index (κ1) is 15.0. The molecule has 0 saturated carbocycles. The molecule has 3 N–H and O–H groups in total. The zero-order valence-electron chi connectivity index (χ0n) is 12.7. The number of carbonyl (C=O) groups excluding carboxylic acids is 1. The lowest BCUT2D eigenvalue weighted by molar-refractivity contribution is -0.129. The van der Waals surface area contributed by atoms with Crippen LogP contribution >= 0.6 is 0 Å². The fourth-order valence-corrected chi connectivity index (χ4v) is 2.66. The molecule has 1 fully saturated rings. The Balaban J connectivity index is 1.58. The number of hydrogen-bond acceptors (Lipinski definition) is 5. The number of nitrogens with one attached hydrogen (secondary N) is 1. The summed E-state index contributed by atoms with van der Waals surface area (Å²) in [7, 11) is 0. The zero-order valence-corrected chi connectivity index (χ0v) is 12.7. The first-order chi connectivity index (χ1) is 10.6. The third-order valence-electron chi connectivity index (χ3n) is 4.13. The van der Waals surface area contributed by atoms with Crippen molar-refractivity contribution < 1.29 is 13.9 Å². The van der Waals surface area contributed by atoms with E-state index in [9.17, 15) is 4.79 Å². The molecule has 0 atom stereocenters. The lowest BCUT2D eigenvalue weighted by Gasteiger charge is -2.31. The number of benzene rings is 1. The van der Waals surface area contributed by atoms with Gasteiger partial charge >= 0.3 is 0 Å². The molecule has 0 bridgehead atoms. The summed E-state index contributed by atoms with van der Waals surface area (Å²) in [5.74, 6) is 0.505. The molecule has 6 nitrogen and oxygen atoms in total. The summed E-state index contributed by atoms with van der Waals surface area (Å²) in [5.41, 5.74) is 8.06. The number of rotatable bonds is 4. The molecule has 22 heavy (non-hydrogen) atoms. The van der Waals surface area contributed by atoms with E-state index in [2.05, 4.69) is 10.3 Å². The summed E-state index contributed by atoms with van der Waals surface area (Å²) in [6.45, 7) is 3.53. The Morgan fingerprint density at radius 2 is 2.18 bits per heavy atom. The van der Waals surface area contributed by atoms with E-state index >= 15 is 0 Å². The van der Waals surface area contributed by atoms with Gasteiger partial charge in [0.05, 0.1) is 5.54 Å². The van der Waals surface area contributed by atoms with E-state index < -0.39 is 5.54 Å². The minimum atomic E-state index is -0.809. The molecule has 0 unspecified atom stereocenters. The standard InChI is InChI=1S/C16H21N3O3/c1-11-3-2-4-12-14(11)19-13(22-12)5-8-18-15(20)16(17)6-9-21-10-7-16/h2-4H,5-10,17H2,1H3,(H,18,20). The van der Waals surface area contributed by atoms with Crippen LogP contribution in [-0.2, 0) is 16.0 Å². The van der Waals surface area contributed by atoms with E-state index in [1.807, 2.05) is 25.1 Å². The van der Waals surface area contributed by atoms with Crippen LogP contribution in [0.2, 0.25) is 0 Å². The summed E-state index contributed by atoms with van der Waals surface area (Å²) in [5, 5.41) is 2.88. The van der Waals surface area contributed by atoms with Gasteiger partial charge in [0.2, 0.25) is 5.91 Å². The number of amides is 1. The van der Waals surface area contributed by atoms with E-state index in [4.69, 9.17) is 14.9 Å². The highest BCUT2D eigenvalue weighted by Crippen LogP contribution is 2.19. The molecule has 1 aliphatic rings. The van der Waals surface area contributed by atoms with Gasteiger partial charge in [0.25, 0.3) is 0 Å². The van der Waals surface area contributed by atoms with Gasteiger partial charge in [-0.15, -0.1) is 0 Å². The number of fused-ring (bicyclic) bond motifs is 1. The number of para-hydroxylation sites is 1. The summed E-state index contributed by atoms with van der Waals surface area (Å²) >= 11 is 0. The molecule has 2 heterocycles. The highest BCUT2D eigenvalue weighted by Gasteiger charge is 2.35. The van der Waals surface area contributed by atoms with Crippen molar-refractivity contribution >= 4 is 17.0 Å². The summed E-state index contributed by atoms with van der Waals surface area (Å²) in [6.07, 6.45) is 1.66. The number of aryl methyl sites for hydroxylation is 1. The maximum atomic E-state index is 12.2. The molecule has 0 radical (unpaired) electrons. The molecule has 1 aliphatic heterocycles. The van der Waals surface area contributed by atoms with Crippen LogP contribution in [0.25, 0.3) is 11.1 Å². The molecular formula is C16H21N3O3. The van der Waals surface area contributed by atoms with Crippen molar-refractivity contribution in [2.75, 3.05) is 19.8 Å². The van der Waals surface area contributed by atoms with Gasteiger partial charge in [-0.3, -0.25) is 4.79 Å². The van der Waals surface area contributed by atoms with Crippen LogP contribution in [0.1, 0.15) is 24.3 Å². The highest BCUT2D eigenvalue weighted by atomic mass is 16.5. The van der Waals surface area contributed by atoms with Gasteiger partial charge in [0.15, 0.2) is 11.5 Å². The number of aromatic nitrogens is 1. The maximum absolute atomic E-state index is 12.2. The van der Waals surface area contributed by atoms with Gasteiger partial charge in [-0.05, 0) is 31.4 Å². The number of hydrogen-bond donors (Lipinski definition) is 2. The molecule has 3 rings (SSSR count). The Bertz CT molecular complexity index is 674. The van der Waals surface area contributed by atoms with Gasteiger partial charge in [-0.2, -0.15) is 0 Å². The fourth-order valence-electron chi connectivity index (χ4n) is 2.66. The van der Waals surface area contributed by atoms with Crippen molar-refractivity contribution in [3.05, 3.63) is 29.7 Å². The van der Waals surface area contributed by atoms with E-state index in [0.717, 1.165) is 16.7 Å². The maximum Gasteiger partial charge on any atom is 0.240 e. The second-order valence-corrected chi connectivity index (χ2v) is 5.80. The van der Waals surface area contributed by atoms with E-state index in [-0.39, 0.29) is 5.91 Å². The first-order valence-corrected chi connectivity index (χ1v) is 7.58. The van der Waals surface area contributed by atoms with E-state index in [0.29, 0.717) is 44.9 Å². The third-order valence-corrected chi connectivity index (χ3v) is 4.13. The number of oxazole rings is 1. The van der Waals surface area contributed by atoms with Crippen molar-refractivity contribution in [3.63, 3.8) is 0 Å². The van der Waals surface area contributed by atoms with Crippen LogP contribution in [0, 0.1) is 6.92 Å². The Morgan fingerprint density at radius 1 is 1.41 bits per heavy atom. The van der Waals surface area contributed by atoms with Gasteiger partial charge in [0.1, 0.15) is 5.52 Å². The lowest BCUT2D eigenvalue weighted by atomic mass is 9.90. The van der Waals surface area contributed by atoms with Crippen LogP contribution in [0.5, 0.6) is 0 Å². The Labute approximate surface area is 129 Å². The number of carbonyl (C=O) groups is 1. The summed E-state index contributed by atoms with van der Waals surface area (Å²) in [4.78, 5) is 16.7. The number of nitrogens with zero attached hydrogens (tertiary/aromatic N) is 1. The Kier molecular flexibility index (Phi) is 4.13. The van der Waals surface area contributed by atoms with Crippen LogP contribution in [0.3, 0.4) is 0 Å². The second-order valence-electron chi connectivity index (χ2n) is 5.80. The monoisotopic (exact) mass is 303 g/mol. The van der Waals surface area contributed by atoms with Crippen LogP contribution < -0.4 is 11.1 Å². The molecule has 0 spiro atoms. The SMILES string of the molecule is Cc1cccc2oc(CCNC(=O)C3(N)CCOCC3)nc12. The lowest BCUT2D eigenvalue weighted by Crippen LogP contribution is -2.57. The molecule has 6 heteroatoms. The predicted molar refractivity (Wildman–Crippen MR) is 82.4 cm³/mol. The number of ether oxygens (including phenoxy) is 1. The second kappa shape index (κ2) is 6.06. The van der Waals surface area contributed by atoms with Gasteiger partial charge in [0, 0.05) is 26.2 Å². The van der Waals surface area contributed by atoms with Crippen LogP contribution in [0.15, 0.2) is 22.6 Å². The van der Waals surface area contributed by atoms with Gasteiger partial charge in [-0.25, -0.2) is 4.98 Å². The quantitative estimate of drug-likeness (QED) is 0.888. The molecule has 2 aromatic rings. The molecule has 1 saturated heterocycles. The minimum absolute atomic E-state index is 0.122. The minimum Gasteiger partial charge on any atom is -0.441 e. The van der Waals surface area contributed by atoms with Gasteiger partial charge in [-0.1, -0.05) is 12.1 Å². The topological polar surface area (TPSA) is 90.4 Å². The van der Waals surface area contributed by atoms with Crippen molar-refractivity contribution in [3.8, 4) is 0 Å². The van der Waals surface area contributed by atoms with Gasteiger partial charge < -0.3 is 20.2 Å². The molecule has 1 aromatic heterocycles. The van der Waals surface area contributed by atoms with Crippen LogP contribution in [0.4, 0.5) is 0 Å². The smallest absolute Gasteiger partial charge is 0.240 e. The van der Waals surface area contributed by atoms with E-state index in [1.165, 1.54) is 0 Å². The average molecular weight is 303 g/mol. The summed E-state index contributed by atoms with van der Waals surface area (Å²) < 4.78 is 10.9. The van der Waals surface area contributed by atoms with Crippen molar-refractivity contribution in [1.82, 2.24) is 10.3 Å². The third kappa shape index (κ3) is 2.98. The van der Waals surface area contributed by atoms with Crippen molar-refractivity contribution in [2.24, 2.45) is 5.73 Å². The first-order valence-electron chi connectivity index (χ1n) is 7.58. The number of nitrogens with two attached hydrogens (primary N) is 1. The molecule has 1 aromatic carbocycles. The zero-order chi connectivity index (χ0) is 15.6. The van der Waals surface area contributed by atoms with E-state index in [1.54, 1.807) is 0 Å². The highest BCUT2D eigenvalue weighted by molar-refractivity contribution is 5.86. The van der Waals surface area contributed by atoms with Crippen LogP contribution in [-0.4, -0.2) is 36.2 Å².